The Morgan fingerprint density at radius 3 is 1.68 bits per heavy atom. The minimum atomic E-state index is -1.18. The Bertz CT molecular complexity index is 649. The molecule has 0 saturated carbocycles. The van der Waals surface area contributed by atoms with Crippen molar-refractivity contribution in [1.82, 2.24) is 0 Å². The second kappa shape index (κ2) is 6.76. The molecule has 2 unspecified atom stereocenters. The van der Waals surface area contributed by atoms with Crippen LogP contribution in [0.1, 0.15) is 23.0 Å². The summed E-state index contributed by atoms with van der Waals surface area (Å²) in [5.41, 5.74) is 0.878. The van der Waals surface area contributed by atoms with Crippen LogP contribution in [0.2, 0.25) is 0 Å². The van der Waals surface area contributed by atoms with E-state index >= 15 is 0 Å². The maximum absolute atomic E-state index is 11.7. The first-order chi connectivity index (χ1) is 10.5. The number of ether oxygens (including phenoxy) is 1. The molecule has 5 heteroatoms. The van der Waals surface area contributed by atoms with Crippen LogP contribution in [0.5, 0.6) is 5.75 Å². The molecule has 114 valence electrons. The average molecular weight is 300 g/mol. The van der Waals surface area contributed by atoms with E-state index < -0.39 is 23.8 Å². The third kappa shape index (κ3) is 3.25. The minimum Gasteiger partial charge on any atom is -0.497 e. The lowest BCUT2D eigenvalue weighted by molar-refractivity contribution is -0.147. The SMILES string of the molecule is COc1ccc(C(C(=O)O)C(C(=O)O)c2ccccc2)cc1. The molecule has 0 spiro atoms. The molecule has 0 radical (unpaired) electrons. The van der Waals surface area contributed by atoms with Crippen molar-refractivity contribution in [2.24, 2.45) is 0 Å². The number of carboxylic acids is 2. The first-order valence-corrected chi connectivity index (χ1v) is 6.69. The fourth-order valence-corrected chi connectivity index (χ4v) is 2.43. The summed E-state index contributed by atoms with van der Waals surface area (Å²) in [5, 5.41) is 19.1. The van der Waals surface area contributed by atoms with Gasteiger partial charge < -0.3 is 14.9 Å². The van der Waals surface area contributed by atoms with Crippen LogP contribution in [0.25, 0.3) is 0 Å². The summed E-state index contributed by atoms with van der Waals surface area (Å²) < 4.78 is 5.04. The molecular weight excluding hydrogens is 284 g/mol. The fraction of sp³-hybridized carbons (Fsp3) is 0.176. The van der Waals surface area contributed by atoms with Crippen molar-refractivity contribution in [3.63, 3.8) is 0 Å². The molecule has 2 aromatic rings. The molecule has 0 aliphatic heterocycles. The van der Waals surface area contributed by atoms with Gasteiger partial charge in [-0.15, -0.1) is 0 Å². The highest BCUT2D eigenvalue weighted by atomic mass is 16.5. The molecule has 0 saturated heterocycles. The van der Waals surface area contributed by atoms with Crippen LogP contribution >= 0.6 is 0 Å². The van der Waals surface area contributed by atoms with Crippen LogP contribution in [0.4, 0.5) is 0 Å². The summed E-state index contributed by atoms with van der Waals surface area (Å²) in [4.78, 5) is 23.3. The molecule has 0 bridgehead atoms. The normalized spacial score (nSPS) is 13.1. The van der Waals surface area contributed by atoms with Gasteiger partial charge in [-0.05, 0) is 23.3 Å². The molecule has 0 heterocycles. The molecular formula is C17H16O5. The van der Waals surface area contributed by atoms with Crippen molar-refractivity contribution in [2.75, 3.05) is 7.11 Å². The Kier molecular flexibility index (Phi) is 4.78. The second-order valence-electron chi connectivity index (χ2n) is 4.82. The van der Waals surface area contributed by atoms with Gasteiger partial charge in [-0.3, -0.25) is 9.59 Å². The van der Waals surface area contributed by atoms with E-state index in [0.717, 1.165) is 0 Å². The maximum Gasteiger partial charge on any atom is 0.312 e. The van der Waals surface area contributed by atoms with Gasteiger partial charge in [0.15, 0.2) is 0 Å². The number of hydrogen-bond donors (Lipinski definition) is 2. The summed E-state index contributed by atoms with van der Waals surface area (Å²) in [6.45, 7) is 0. The van der Waals surface area contributed by atoms with Crippen molar-refractivity contribution in [3.8, 4) is 5.75 Å². The van der Waals surface area contributed by atoms with Gasteiger partial charge in [0.25, 0.3) is 0 Å². The topological polar surface area (TPSA) is 83.8 Å². The Morgan fingerprint density at radius 2 is 1.27 bits per heavy atom. The molecule has 0 amide bonds. The highest BCUT2D eigenvalue weighted by Gasteiger charge is 2.36. The van der Waals surface area contributed by atoms with Gasteiger partial charge >= 0.3 is 11.9 Å². The van der Waals surface area contributed by atoms with E-state index in [-0.39, 0.29) is 0 Å². The molecule has 2 aromatic carbocycles. The van der Waals surface area contributed by atoms with Crippen LogP contribution in [-0.2, 0) is 9.59 Å². The van der Waals surface area contributed by atoms with Crippen LogP contribution in [0, 0.1) is 0 Å². The van der Waals surface area contributed by atoms with Gasteiger partial charge in [0.2, 0.25) is 0 Å². The van der Waals surface area contributed by atoms with E-state index in [1.54, 1.807) is 54.6 Å². The van der Waals surface area contributed by atoms with Crippen molar-refractivity contribution in [1.29, 1.82) is 0 Å². The summed E-state index contributed by atoms with van der Waals surface area (Å²) in [5.74, 6) is -4.10. The molecule has 0 aliphatic rings. The van der Waals surface area contributed by atoms with Crippen LogP contribution in [0.3, 0.4) is 0 Å². The number of rotatable bonds is 6. The Morgan fingerprint density at radius 1 is 0.818 bits per heavy atom. The summed E-state index contributed by atoms with van der Waals surface area (Å²) >= 11 is 0. The number of aliphatic carboxylic acids is 2. The molecule has 0 aromatic heterocycles. The molecule has 2 atom stereocenters. The number of carbonyl (C=O) groups is 2. The van der Waals surface area contributed by atoms with E-state index in [2.05, 4.69) is 0 Å². The highest BCUT2D eigenvalue weighted by molar-refractivity contribution is 5.88. The van der Waals surface area contributed by atoms with Gasteiger partial charge in [-0.25, -0.2) is 0 Å². The van der Waals surface area contributed by atoms with Crippen LogP contribution in [0.15, 0.2) is 54.6 Å². The Labute approximate surface area is 127 Å². The number of carboxylic acid groups (broad SMARTS) is 2. The quantitative estimate of drug-likeness (QED) is 0.857. The molecule has 5 nitrogen and oxygen atoms in total. The maximum atomic E-state index is 11.7. The lowest BCUT2D eigenvalue weighted by Crippen LogP contribution is -2.26. The predicted molar refractivity (Wildman–Crippen MR) is 80.2 cm³/mol. The summed E-state index contributed by atoms with van der Waals surface area (Å²) in [6, 6.07) is 14.8. The lowest BCUT2D eigenvalue weighted by atomic mass is 9.81. The van der Waals surface area contributed by atoms with E-state index in [0.29, 0.717) is 16.9 Å². The third-order valence-corrected chi connectivity index (χ3v) is 3.50. The zero-order valence-corrected chi connectivity index (χ0v) is 12.0. The van der Waals surface area contributed by atoms with Gasteiger partial charge in [0.1, 0.15) is 5.75 Å². The summed E-state index contributed by atoms with van der Waals surface area (Å²) in [6.07, 6.45) is 0. The highest BCUT2D eigenvalue weighted by Crippen LogP contribution is 2.34. The number of benzene rings is 2. The standard InChI is InChI=1S/C17H16O5/c1-22-13-9-7-12(8-10-13)15(17(20)21)14(16(18)19)11-5-3-2-4-6-11/h2-10,14-15H,1H3,(H,18,19)(H,20,21). The van der Waals surface area contributed by atoms with Gasteiger partial charge in [-0.1, -0.05) is 42.5 Å². The van der Waals surface area contributed by atoms with Crippen molar-refractivity contribution in [3.05, 3.63) is 65.7 Å². The Hall–Kier alpha value is -2.82. The molecule has 22 heavy (non-hydrogen) atoms. The third-order valence-electron chi connectivity index (χ3n) is 3.50. The monoisotopic (exact) mass is 300 g/mol. The van der Waals surface area contributed by atoms with Crippen LogP contribution in [-0.4, -0.2) is 29.3 Å². The molecule has 0 fully saturated rings. The minimum absolute atomic E-state index is 0.421. The molecule has 0 aliphatic carbocycles. The van der Waals surface area contributed by atoms with Crippen molar-refractivity contribution in [2.45, 2.75) is 11.8 Å². The van der Waals surface area contributed by atoms with Gasteiger partial charge in [0.05, 0.1) is 18.9 Å². The van der Waals surface area contributed by atoms with Gasteiger partial charge in [-0.2, -0.15) is 0 Å². The first-order valence-electron chi connectivity index (χ1n) is 6.69. The second-order valence-corrected chi connectivity index (χ2v) is 4.82. The van der Waals surface area contributed by atoms with E-state index in [1.165, 1.54) is 7.11 Å². The van der Waals surface area contributed by atoms with Crippen molar-refractivity contribution < 1.29 is 24.5 Å². The van der Waals surface area contributed by atoms with Crippen molar-refractivity contribution >= 4 is 11.9 Å². The zero-order chi connectivity index (χ0) is 16.1. The lowest BCUT2D eigenvalue weighted by Gasteiger charge is -2.21. The van der Waals surface area contributed by atoms with E-state index in [4.69, 9.17) is 4.74 Å². The fourth-order valence-electron chi connectivity index (χ4n) is 2.43. The largest absolute Gasteiger partial charge is 0.497 e. The van der Waals surface area contributed by atoms with E-state index in [9.17, 15) is 19.8 Å². The Balaban J connectivity index is 2.47. The predicted octanol–water partition coefficient (Wildman–Crippen LogP) is 2.73. The number of methoxy groups -OCH3 is 1. The number of hydrogen-bond acceptors (Lipinski definition) is 3. The van der Waals surface area contributed by atoms with E-state index in [1.807, 2.05) is 0 Å². The van der Waals surface area contributed by atoms with Crippen LogP contribution < -0.4 is 4.74 Å². The van der Waals surface area contributed by atoms with Gasteiger partial charge in [0, 0.05) is 0 Å². The summed E-state index contributed by atoms with van der Waals surface area (Å²) in [7, 11) is 1.51. The molecule has 2 N–H and O–H groups in total. The zero-order valence-electron chi connectivity index (χ0n) is 12.0. The smallest absolute Gasteiger partial charge is 0.312 e. The molecule has 2 rings (SSSR count). The first kappa shape index (κ1) is 15.6. The average Bonchev–Trinajstić information content (AvgIpc) is 2.52.